The molecule has 1 aromatic heterocycles. The van der Waals surface area contributed by atoms with Crippen LogP contribution in [0.2, 0.25) is 0 Å². The Hall–Kier alpha value is -2.80. The summed E-state index contributed by atoms with van der Waals surface area (Å²) in [7, 11) is 1.97. The quantitative estimate of drug-likeness (QED) is 0.278. The van der Waals surface area contributed by atoms with Gasteiger partial charge in [0.25, 0.3) is 0 Å². The number of phenolic OH excluding ortho intramolecular Hbond substituents is 1. The first-order valence-corrected chi connectivity index (χ1v) is 10.4. The average molecular weight is 497 g/mol. The molecule has 146 valence electrons. The monoisotopic (exact) mass is 497 g/mol. The van der Waals surface area contributed by atoms with Gasteiger partial charge in [0.15, 0.2) is 0 Å². The molecule has 0 amide bonds. The normalized spacial score (nSPS) is 11.0. The number of hydrogen-bond donors (Lipinski definition) is 1. The fourth-order valence-electron chi connectivity index (χ4n) is 3.57. The fraction of sp³-hybridized carbons (Fsp3) is 0.125. The molecule has 0 aliphatic rings. The highest BCUT2D eigenvalue weighted by atomic mass is 127. The van der Waals surface area contributed by atoms with Gasteiger partial charge in [0, 0.05) is 22.1 Å². The third-order valence-electron chi connectivity index (χ3n) is 5.02. The van der Waals surface area contributed by atoms with Gasteiger partial charge in [-0.15, -0.1) is 0 Å². The molecular weight excluding hydrogens is 477 g/mol. The lowest BCUT2D eigenvalue weighted by molar-refractivity contribution is 0.0523. The predicted molar refractivity (Wildman–Crippen MR) is 124 cm³/mol. The lowest BCUT2D eigenvalue weighted by Crippen LogP contribution is -2.05. The maximum absolute atomic E-state index is 12.2. The van der Waals surface area contributed by atoms with Crippen molar-refractivity contribution in [2.75, 3.05) is 6.61 Å². The molecule has 4 nitrogen and oxygen atoms in total. The molecule has 0 saturated carbocycles. The third kappa shape index (κ3) is 3.51. The lowest BCUT2D eigenvalue weighted by atomic mass is 10.0. The van der Waals surface area contributed by atoms with Crippen LogP contribution in [0, 0.1) is 3.57 Å². The van der Waals surface area contributed by atoms with E-state index in [1.165, 1.54) is 5.56 Å². The second kappa shape index (κ2) is 7.91. The zero-order valence-electron chi connectivity index (χ0n) is 16.1. The van der Waals surface area contributed by atoms with E-state index >= 15 is 0 Å². The van der Waals surface area contributed by atoms with Crippen molar-refractivity contribution in [3.8, 4) is 28.1 Å². The highest BCUT2D eigenvalue weighted by Crippen LogP contribution is 2.37. The SMILES string of the molecule is CCOC(=O)c1cc2c(I)c(-c3ccc(-c4ccccc4)cc3)n(C)c2cc1O. The van der Waals surface area contributed by atoms with Crippen LogP contribution >= 0.6 is 22.6 Å². The number of nitrogens with zero attached hydrogens (tertiary/aromatic N) is 1. The minimum atomic E-state index is -0.514. The Labute approximate surface area is 182 Å². The topological polar surface area (TPSA) is 51.5 Å². The van der Waals surface area contributed by atoms with E-state index in [9.17, 15) is 9.90 Å². The minimum Gasteiger partial charge on any atom is -0.507 e. The molecule has 4 aromatic rings. The summed E-state index contributed by atoms with van der Waals surface area (Å²) in [4.78, 5) is 12.2. The molecule has 0 atom stereocenters. The summed E-state index contributed by atoms with van der Waals surface area (Å²) in [6.07, 6.45) is 0. The number of carbonyl (C=O) groups is 1. The van der Waals surface area contributed by atoms with Crippen LogP contribution < -0.4 is 0 Å². The number of fused-ring (bicyclic) bond motifs is 1. The number of halogens is 1. The summed E-state index contributed by atoms with van der Waals surface area (Å²) < 4.78 is 8.14. The lowest BCUT2D eigenvalue weighted by Gasteiger charge is -2.08. The molecule has 5 heteroatoms. The molecule has 0 aliphatic heterocycles. The summed E-state index contributed by atoms with van der Waals surface area (Å²) in [6.45, 7) is 2.01. The van der Waals surface area contributed by atoms with Crippen molar-refractivity contribution in [2.45, 2.75) is 6.92 Å². The van der Waals surface area contributed by atoms with Crippen molar-refractivity contribution in [3.05, 3.63) is 75.9 Å². The number of rotatable bonds is 4. The van der Waals surface area contributed by atoms with Gasteiger partial charge in [-0.1, -0.05) is 54.6 Å². The van der Waals surface area contributed by atoms with Crippen LogP contribution in [0.1, 0.15) is 17.3 Å². The molecule has 3 aromatic carbocycles. The zero-order valence-corrected chi connectivity index (χ0v) is 18.3. The zero-order chi connectivity index (χ0) is 20.5. The summed E-state index contributed by atoms with van der Waals surface area (Å²) in [5.74, 6) is -0.584. The van der Waals surface area contributed by atoms with Crippen molar-refractivity contribution in [2.24, 2.45) is 7.05 Å². The van der Waals surface area contributed by atoms with Gasteiger partial charge in [-0.2, -0.15) is 0 Å². The van der Waals surface area contributed by atoms with Gasteiger partial charge in [0.1, 0.15) is 11.3 Å². The number of aryl methyl sites for hydroxylation is 1. The summed E-state index contributed by atoms with van der Waals surface area (Å²) >= 11 is 2.30. The van der Waals surface area contributed by atoms with E-state index in [1.807, 2.05) is 29.8 Å². The molecule has 0 unspecified atom stereocenters. The molecular formula is C24H20INO3. The first-order valence-electron chi connectivity index (χ1n) is 9.35. The van der Waals surface area contributed by atoms with Gasteiger partial charge in [-0.05, 0) is 52.3 Å². The van der Waals surface area contributed by atoms with Crippen LogP contribution in [0.25, 0.3) is 33.3 Å². The number of aromatic hydroxyl groups is 1. The molecule has 0 radical (unpaired) electrons. The average Bonchev–Trinajstić information content (AvgIpc) is 2.98. The van der Waals surface area contributed by atoms with Crippen LogP contribution in [0.3, 0.4) is 0 Å². The van der Waals surface area contributed by atoms with Crippen LogP contribution in [0.15, 0.2) is 66.7 Å². The van der Waals surface area contributed by atoms with Gasteiger partial charge in [0.05, 0.1) is 17.8 Å². The number of aromatic nitrogens is 1. The second-order valence-corrected chi connectivity index (χ2v) is 7.85. The van der Waals surface area contributed by atoms with Crippen LogP contribution in [0.5, 0.6) is 5.75 Å². The summed E-state index contributed by atoms with van der Waals surface area (Å²) in [6, 6.07) is 22.0. The highest BCUT2D eigenvalue weighted by Gasteiger charge is 2.20. The Balaban J connectivity index is 1.81. The molecule has 1 heterocycles. The summed E-state index contributed by atoms with van der Waals surface area (Å²) in [5.41, 5.74) is 5.50. The number of esters is 1. The molecule has 0 spiro atoms. The van der Waals surface area contributed by atoms with Gasteiger partial charge < -0.3 is 14.4 Å². The van der Waals surface area contributed by atoms with E-state index in [0.29, 0.717) is 0 Å². The predicted octanol–water partition coefficient (Wildman–Crippen LogP) is 6.00. The highest BCUT2D eigenvalue weighted by molar-refractivity contribution is 14.1. The largest absolute Gasteiger partial charge is 0.507 e. The Morgan fingerprint density at radius 3 is 2.28 bits per heavy atom. The van der Waals surface area contributed by atoms with E-state index in [0.717, 1.165) is 31.3 Å². The molecule has 0 saturated heterocycles. The Bertz CT molecular complexity index is 1190. The maximum Gasteiger partial charge on any atom is 0.341 e. The maximum atomic E-state index is 12.2. The minimum absolute atomic E-state index is 0.0704. The van der Waals surface area contributed by atoms with Crippen molar-refractivity contribution in [1.29, 1.82) is 0 Å². The van der Waals surface area contributed by atoms with Crippen LogP contribution in [-0.4, -0.2) is 22.2 Å². The number of hydrogen-bond acceptors (Lipinski definition) is 3. The molecule has 4 rings (SSSR count). The van der Waals surface area contributed by atoms with E-state index in [1.54, 1.807) is 19.1 Å². The number of benzene rings is 3. The Kier molecular flexibility index (Phi) is 5.32. The first kappa shape index (κ1) is 19.5. The van der Waals surface area contributed by atoms with Crippen molar-refractivity contribution >= 4 is 39.5 Å². The fourth-order valence-corrected chi connectivity index (χ4v) is 4.67. The van der Waals surface area contributed by atoms with Gasteiger partial charge in [-0.25, -0.2) is 4.79 Å². The molecule has 0 aliphatic carbocycles. The van der Waals surface area contributed by atoms with E-state index in [-0.39, 0.29) is 17.9 Å². The first-order chi connectivity index (χ1) is 14.0. The third-order valence-corrected chi connectivity index (χ3v) is 6.11. The Morgan fingerprint density at radius 2 is 1.62 bits per heavy atom. The number of carbonyl (C=O) groups excluding carboxylic acids is 1. The van der Waals surface area contributed by atoms with E-state index < -0.39 is 5.97 Å². The van der Waals surface area contributed by atoms with E-state index in [4.69, 9.17) is 4.74 Å². The van der Waals surface area contributed by atoms with Crippen LogP contribution in [-0.2, 0) is 11.8 Å². The van der Waals surface area contributed by atoms with Crippen molar-refractivity contribution in [1.82, 2.24) is 4.57 Å². The number of phenols is 1. The standard InChI is InChI=1S/C24H20INO3/c1-3-29-24(28)19-13-18-20(14-21(19)27)26(2)23(22(18)25)17-11-9-16(10-12-17)15-7-5-4-6-8-15/h4-14,27H,3H2,1-2H3. The number of ether oxygens (including phenoxy) is 1. The van der Waals surface area contributed by atoms with Crippen molar-refractivity contribution in [3.63, 3.8) is 0 Å². The van der Waals surface area contributed by atoms with Gasteiger partial charge >= 0.3 is 5.97 Å². The molecule has 29 heavy (non-hydrogen) atoms. The molecule has 1 N–H and O–H groups in total. The second-order valence-electron chi connectivity index (χ2n) is 6.77. The molecule has 0 fully saturated rings. The smallest absolute Gasteiger partial charge is 0.341 e. The van der Waals surface area contributed by atoms with Crippen molar-refractivity contribution < 1.29 is 14.6 Å². The van der Waals surface area contributed by atoms with Crippen LogP contribution in [0.4, 0.5) is 0 Å². The summed E-state index contributed by atoms with van der Waals surface area (Å²) in [5, 5.41) is 11.3. The molecule has 0 bridgehead atoms. The van der Waals surface area contributed by atoms with Gasteiger partial charge in [-0.3, -0.25) is 0 Å². The Morgan fingerprint density at radius 1 is 1.00 bits per heavy atom. The van der Waals surface area contributed by atoms with Gasteiger partial charge in [0.2, 0.25) is 0 Å². The van der Waals surface area contributed by atoms with E-state index in [2.05, 4.69) is 59.0 Å².